The monoisotopic (exact) mass is 344 g/mol. The zero-order valence-electron chi connectivity index (χ0n) is 15.6. The molecule has 0 N–H and O–H groups in total. The molecule has 0 unspecified atom stereocenters. The van der Waals surface area contributed by atoms with Gasteiger partial charge in [0.1, 0.15) is 0 Å². The molecule has 2 heterocycles. The summed E-state index contributed by atoms with van der Waals surface area (Å²) in [5.74, 6) is 0.163. The van der Waals surface area contributed by atoms with Crippen LogP contribution in [0.25, 0.3) is 10.9 Å². The van der Waals surface area contributed by atoms with Crippen LogP contribution in [0.2, 0.25) is 0 Å². The van der Waals surface area contributed by atoms with E-state index in [4.69, 9.17) is 0 Å². The Morgan fingerprint density at radius 1 is 0.962 bits per heavy atom. The Labute approximate surface area is 154 Å². The van der Waals surface area contributed by atoms with Gasteiger partial charge in [-0.1, -0.05) is 48.5 Å². The van der Waals surface area contributed by atoms with E-state index in [1.54, 1.807) is 0 Å². The van der Waals surface area contributed by atoms with E-state index in [1.807, 2.05) is 17.9 Å². The number of hydrogen-bond donors (Lipinski definition) is 0. The first-order chi connectivity index (χ1) is 12.6. The first kappa shape index (κ1) is 16.6. The van der Waals surface area contributed by atoms with Gasteiger partial charge in [-0.05, 0) is 37.5 Å². The van der Waals surface area contributed by atoms with Gasteiger partial charge in [-0.3, -0.25) is 4.79 Å². The molecule has 0 saturated heterocycles. The van der Waals surface area contributed by atoms with E-state index in [0.29, 0.717) is 0 Å². The number of carbonyl (C=O) groups is 1. The highest BCUT2D eigenvalue weighted by Gasteiger charge is 2.36. The number of hydrogen-bond acceptors (Lipinski definition) is 1. The summed E-state index contributed by atoms with van der Waals surface area (Å²) in [5.41, 5.74) is 5.74. The van der Waals surface area contributed by atoms with Gasteiger partial charge in [0.05, 0.1) is 6.04 Å². The highest BCUT2D eigenvalue weighted by atomic mass is 16.2. The maximum atomic E-state index is 12.9. The van der Waals surface area contributed by atoms with Crippen molar-refractivity contribution in [1.82, 2.24) is 9.47 Å². The lowest BCUT2D eigenvalue weighted by Gasteiger charge is -2.26. The quantitative estimate of drug-likeness (QED) is 0.677. The molecular formula is C23H24N2O. The van der Waals surface area contributed by atoms with Crippen LogP contribution >= 0.6 is 0 Å². The second kappa shape index (κ2) is 6.49. The number of aromatic nitrogens is 1. The molecule has 132 valence electrons. The second-order valence-electron chi connectivity index (χ2n) is 7.16. The molecule has 1 atom stereocenters. The summed E-state index contributed by atoms with van der Waals surface area (Å²) in [7, 11) is 2.07. The first-order valence-corrected chi connectivity index (χ1v) is 9.14. The van der Waals surface area contributed by atoms with Crippen LogP contribution in [0.5, 0.6) is 0 Å². The van der Waals surface area contributed by atoms with Crippen molar-refractivity contribution >= 4 is 16.8 Å². The molecule has 3 aromatic rings. The number of para-hydroxylation sites is 1. The number of benzene rings is 2. The van der Waals surface area contributed by atoms with Crippen LogP contribution in [0.3, 0.4) is 0 Å². The summed E-state index contributed by atoms with van der Waals surface area (Å²) in [6.45, 7) is 4.78. The van der Waals surface area contributed by atoms with Crippen LogP contribution < -0.4 is 0 Å². The Hall–Kier alpha value is -2.81. The standard InChI is InChI=1S/C23H24N2O/c1-16-17(2)23(26)25(14-13-18-9-5-4-6-10-18)22(16)20-15-24(3)21-12-8-7-11-19(20)21/h4-12,15,22H,13-14H2,1-3H3/t22-/m0/s1. The molecule has 1 aliphatic rings. The van der Waals surface area contributed by atoms with Gasteiger partial charge >= 0.3 is 0 Å². The smallest absolute Gasteiger partial charge is 0.250 e. The molecule has 0 aliphatic carbocycles. The van der Waals surface area contributed by atoms with Gasteiger partial charge in [0.25, 0.3) is 0 Å². The predicted molar refractivity (Wildman–Crippen MR) is 106 cm³/mol. The molecule has 0 radical (unpaired) electrons. The molecule has 4 rings (SSSR count). The number of nitrogens with zero attached hydrogens (tertiary/aromatic N) is 2. The summed E-state index contributed by atoms with van der Waals surface area (Å²) in [6, 6.07) is 18.8. The van der Waals surface area contributed by atoms with Crippen molar-refractivity contribution in [3.05, 3.63) is 83.1 Å². The van der Waals surface area contributed by atoms with E-state index < -0.39 is 0 Å². The molecule has 3 heteroatoms. The third-order valence-electron chi connectivity index (χ3n) is 5.60. The van der Waals surface area contributed by atoms with E-state index in [0.717, 1.165) is 18.5 Å². The molecule has 1 aromatic heterocycles. The van der Waals surface area contributed by atoms with E-state index in [9.17, 15) is 4.79 Å². The maximum absolute atomic E-state index is 12.9. The average molecular weight is 344 g/mol. The third kappa shape index (κ3) is 2.64. The van der Waals surface area contributed by atoms with Crippen molar-refractivity contribution in [2.45, 2.75) is 26.3 Å². The van der Waals surface area contributed by atoms with Crippen LogP contribution in [0.15, 0.2) is 71.9 Å². The lowest BCUT2D eigenvalue weighted by Crippen LogP contribution is -2.32. The molecule has 1 aliphatic heterocycles. The lowest BCUT2D eigenvalue weighted by molar-refractivity contribution is -0.127. The number of rotatable bonds is 4. The largest absolute Gasteiger partial charge is 0.350 e. The minimum absolute atomic E-state index is 0.0253. The molecule has 1 amide bonds. The topological polar surface area (TPSA) is 25.2 Å². The summed E-state index contributed by atoms with van der Waals surface area (Å²) >= 11 is 0. The number of fused-ring (bicyclic) bond motifs is 1. The lowest BCUT2D eigenvalue weighted by atomic mass is 9.98. The van der Waals surface area contributed by atoms with Crippen molar-refractivity contribution in [1.29, 1.82) is 0 Å². The van der Waals surface area contributed by atoms with Gasteiger partial charge in [0.2, 0.25) is 5.91 Å². The highest BCUT2D eigenvalue weighted by Crippen LogP contribution is 2.40. The molecule has 0 spiro atoms. The highest BCUT2D eigenvalue weighted by molar-refractivity contribution is 5.98. The van der Waals surface area contributed by atoms with Gasteiger partial charge in [-0.25, -0.2) is 0 Å². The fourth-order valence-corrected chi connectivity index (χ4v) is 4.06. The Bertz CT molecular complexity index is 997. The SMILES string of the molecule is CC1=C(C)[C@@H](c2cn(C)c3ccccc23)N(CCc2ccccc2)C1=O. The minimum atomic E-state index is 0.0253. The van der Waals surface area contributed by atoms with Crippen molar-refractivity contribution in [3.8, 4) is 0 Å². The van der Waals surface area contributed by atoms with Gasteiger partial charge < -0.3 is 9.47 Å². The second-order valence-corrected chi connectivity index (χ2v) is 7.16. The van der Waals surface area contributed by atoms with E-state index in [1.165, 1.54) is 27.6 Å². The van der Waals surface area contributed by atoms with E-state index in [2.05, 4.69) is 73.3 Å². The van der Waals surface area contributed by atoms with Crippen molar-refractivity contribution < 1.29 is 4.79 Å². The van der Waals surface area contributed by atoms with Crippen LogP contribution in [0.4, 0.5) is 0 Å². The fraction of sp³-hybridized carbons (Fsp3) is 0.261. The van der Waals surface area contributed by atoms with E-state index in [-0.39, 0.29) is 11.9 Å². The molecule has 0 fully saturated rings. The molecule has 0 bridgehead atoms. The Morgan fingerprint density at radius 2 is 1.65 bits per heavy atom. The first-order valence-electron chi connectivity index (χ1n) is 9.14. The summed E-state index contributed by atoms with van der Waals surface area (Å²) in [6.07, 6.45) is 3.05. The zero-order valence-corrected chi connectivity index (χ0v) is 15.6. The maximum Gasteiger partial charge on any atom is 0.250 e. The summed E-state index contributed by atoms with van der Waals surface area (Å²) in [5, 5.41) is 1.23. The van der Waals surface area contributed by atoms with Gasteiger partial charge in [-0.2, -0.15) is 0 Å². The predicted octanol–water partition coefficient (Wildman–Crippen LogP) is 4.64. The van der Waals surface area contributed by atoms with Crippen molar-refractivity contribution in [2.24, 2.45) is 7.05 Å². The molecule has 26 heavy (non-hydrogen) atoms. The fourth-order valence-electron chi connectivity index (χ4n) is 4.06. The van der Waals surface area contributed by atoms with Gasteiger partial charge in [-0.15, -0.1) is 0 Å². The molecule has 0 saturated carbocycles. The molecule has 3 nitrogen and oxygen atoms in total. The molecular weight excluding hydrogens is 320 g/mol. The third-order valence-corrected chi connectivity index (χ3v) is 5.60. The average Bonchev–Trinajstić information content (AvgIpc) is 3.10. The van der Waals surface area contributed by atoms with E-state index >= 15 is 0 Å². The summed E-state index contributed by atoms with van der Waals surface area (Å²) in [4.78, 5) is 15.0. The number of carbonyl (C=O) groups excluding carboxylic acids is 1. The minimum Gasteiger partial charge on any atom is -0.350 e. The van der Waals surface area contributed by atoms with Crippen LogP contribution in [-0.4, -0.2) is 21.9 Å². The van der Waals surface area contributed by atoms with Crippen LogP contribution in [0, 0.1) is 0 Å². The normalized spacial score (nSPS) is 17.6. The Morgan fingerprint density at radius 3 is 2.42 bits per heavy atom. The van der Waals surface area contributed by atoms with Crippen LogP contribution in [0.1, 0.15) is 31.0 Å². The van der Waals surface area contributed by atoms with Gasteiger partial charge in [0, 0.05) is 41.8 Å². The number of amides is 1. The molecule has 2 aromatic carbocycles. The Kier molecular flexibility index (Phi) is 4.15. The Balaban J connectivity index is 1.72. The zero-order chi connectivity index (χ0) is 18.3. The summed E-state index contributed by atoms with van der Waals surface area (Å²) < 4.78 is 2.16. The van der Waals surface area contributed by atoms with Crippen molar-refractivity contribution in [3.63, 3.8) is 0 Å². The number of aryl methyl sites for hydroxylation is 1. The van der Waals surface area contributed by atoms with Crippen molar-refractivity contribution in [2.75, 3.05) is 6.54 Å². The van der Waals surface area contributed by atoms with Gasteiger partial charge in [0.15, 0.2) is 0 Å². The van der Waals surface area contributed by atoms with Crippen LogP contribution in [-0.2, 0) is 18.3 Å².